The largest absolute Gasteiger partial charge is 0.508 e. The fourth-order valence-electron chi connectivity index (χ4n) is 6.25. The summed E-state index contributed by atoms with van der Waals surface area (Å²) < 4.78 is 0. The van der Waals surface area contributed by atoms with Gasteiger partial charge in [-0.15, -0.1) is 0 Å². The molecule has 0 saturated carbocycles. The molecule has 248 valence electrons. The zero-order chi connectivity index (χ0) is 33.6. The fourth-order valence-corrected chi connectivity index (χ4v) is 6.25. The number of carboxylic acid groups (broad SMARTS) is 1. The number of H-pyrrole nitrogens is 2. The highest BCUT2D eigenvalue weighted by molar-refractivity contribution is 5.95. The first-order valence-corrected chi connectivity index (χ1v) is 16.0. The van der Waals surface area contributed by atoms with Gasteiger partial charge in [-0.1, -0.05) is 48.5 Å². The summed E-state index contributed by atoms with van der Waals surface area (Å²) in [6.07, 6.45) is 5.25. The number of carbonyl (C=O) groups is 4. The second-order valence-electron chi connectivity index (χ2n) is 12.2. The third-order valence-corrected chi connectivity index (χ3v) is 8.83. The third kappa shape index (κ3) is 7.50. The number of hydrogen-bond donors (Lipinski definition) is 8. The number of aliphatic carboxylic acids is 1. The smallest absolute Gasteiger partial charge is 0.326 e. The van der Waals surface area contributed by atoms with Gasteiger partial charge in [-0.05, 0) is 60.3 Å². The van der Waals surface area contributed by atoms with Crippen LogP contribution in [0.4, 0.5) is 0 Å². The zero-order valence-electron chi connectivity index (χ0n) is 26.2. The van der Waals surface area contributed by atoms with Crippen molar-refractivity contribution in [1.29, 1.82) is 0 Å². The molecule has 8 N–H and O–H groups in total. The van der Waals surface area contributed by atoms with Crippen LogP contribution in [0.1, 0.15) is 29.5 Å². The number of amides is 3. The summed E-state index contributed by atoms with van der Waals surface area (Å²) in [6.45, 7) is 0.707. The zero-order valence-corrected chi connectivity index (χ0v) is 26.2. The average molecular weight is 651 g/mol. The summed E-state index contributed by atoms with van der Waals surface area (Å²) >= 11 is 0. The number of carboxylic acids is 1. The minimum Gasteiger partial charge on any atom is -0.508 e. The van der Waals surface area contributed by atoms with Crippen molar-refractivity contribution in [3.05, 3.63) is 102 Å². The molecule has 48 heavy (non-hydrogen) atoms. The Hall–Kier alpha value is -5.62. The number of para-hydroxylation sites is 2. The highest BCUT2D eigenvalue weighted by Gasteiger charge is 2.32. The lowest BCUT2D eigenvalue weighted by Gasteiger charge is -2.25. The molecule has 4 unspecified atom stereocenters. The lowest BCUT2D eigenvalue weighted by atomic mass is 10.0. The summed E-state index contributed by atoms with van der Waals surface area (Å²) in [5.41, 5.74) is 3.91. The molecule has 4 atom stereocenters. The molecule has 12 nitrogen and oxygen atoms in total. The molecule has 0 bridgehead atoms. The van der Waals surface area contributed by atoms with E-state index in [1.165, 1.54) is 12.1 Å². The van der Waals surface area contributed by atoms with Gasteiger partial charge in [0.25, 0.3) is 0 Å². The van der Waals surface area contributed by atoms with Crippen molar-refractivity contribution in [2.24, 2.45) is 0 Å². The van der Waals surface area contributed by atoms with Crippen molar-refractivity contribution in [1.82, 2.24) is 31.2 Å². The summed E-state index contributed by atoms with van der Waals surface area (Å²) in [7, 11) is 0. The third-order valence-electron chi connectivity index (χ3n) is 8.83. The van der Waals surface area contributed by atoms with Crippen molar-refractivity contribution >= 4 is 45.5 Å². The van der Waals surface area contributed by atoms with Gasteiger partial charge >= 0.3 is 5.97 Å². The maximum absolute atomic E-state index is 14.1. The quantitative estimate of drug-likeness (QED) is 0.0962. The summed E-state index contributed by atoms with van der Waals surface area (Å²) in [5, 5.41) is 33.0. The Kier molecular flexibility index (Phi) is 9.72. The molecule has 6 rings (SSSR count). The monoisotopic (exact) mass is 650 g/mol. The highest BCUT2D eigenvalue weighted by Crippen LogP contribution is 2.22. The van der Waals surface area contributed by atoms with Gasteiger partial charge in [-0.3, -0.25) is 14.4 Å². The molecule has 0 radical (unpaired) electrons. The molecule has 1 aliphatic rings. The minimum absolute atomic E-state index is 0.0363. The van der Waals surface area contributed by atoms with Crippen LogP contribution in [0.15, 0.2) is 85.2 Å². The van der Waals surface area contributed by atoms with E-state index in [1.54, 1.807) is 18.3 Å². The number of carbonyl (C=O) groups excluding carboxylic acids is 3. The van der Waals surface area contributed by atoms with Crippen molar-refractivity contribution < 1.29 is 29.4 Å². The summed E-state index contributed by atoms with van der Waals surface area (Å²) in [5.74, 6) is -2.77. The summed E-state index contributed by atoms with van der Waals surface area (Å²) in [6, 6.07) is 17.3. The second kappa shape index (κ2) is 14.4. The standard InChI is InChI=1S/C36H38N6O6/c43-24-13-11-21(12-14-24)16-32(36(47)48)42-35(46)31(18-23-20-39-28-9-4-2-7-26(23)28)41-34(45)30(40-33(44)29-10-5-15-37-29)17-22-19-38-27-8-3-1-6-25(22)27/h1-4,6-9,11-14,19-20,29-32,37-39,43H,5,10,15-18H2,(H,40,44)(H,41,45)(H,42,46)(H,47,48). The van der Waals surface area contributed by atoms with E-state index in [0.29, 0.717) is 18.5 Å². The molecule has 1 fully saturated rings. The lowest BCUT2D eigenvalue weighted by Crippen LogP contribution is -2.58. The first-order chi connectivity index (χ1) is 23.2. The van der Waals surface area contributed by atoms with Crippen LogP contribution >= 0.6 is 0 Å². The van der Waals surface area contributed by atoms with Crippen LogP contribution in [0.25, 0.3) is 21.8 Å². The molecule has 1 aliphatic heterocycles. The van der Waals surface area contributed by atoms with Gasteiger partial charge in [-0.2, -0.15) is 0 Å². The molecule has 0 aliphatic carbocycles. The lowest BCUT2D eigenvalue weighted by molar-refractivity contribution is -0.142. The molecule has 3 aromatic carbocycles. The maximum atomic E-state index is 14.1. The van der Waals surface area contributed by atoms with Crippen LogP contribution in [-0.2, 0) is 38.4 Å². The molecule has 3 heterocycles. The van der Waals surface area contributed by atoms with Crippen molar-refractivity contribution in [2.75, 3.05) is 6.54 Å². The molecular formula is C36H38N6O6. The predicted octanol–water partition coefficient (Wildman–Crippen LogP) is 2.67. The Morgan fingerprint density at radius 2 is 1.25 bits per heavy atom. The average Bonchev–Trinajstić information content (AvgIpc) is 3.86. The number of aromatic nitrogens is 2. The van der Waals surface area contributed by atoms with E-state index in [0.717, 1.165) is 39.4 Å². The number of aromatic hydroxyl groups is 1. The van der Waals surface area contributed by atoms with E-state index in [1.807, 2.05) is 54.7 Å². The Labute approximate surface area is 276 Å². The first kappa shape index (κ1) is 32.3. The van der Waals surface area contributed by atoms with Crippen molar-refractivity contribution in [3.63, 3.8) is 0 Å². The molecule has 0 spiro atoms. The Bertz CT molecular complexity index is 1930. The molecule has 12 heteroatoms. The fraction of sp³-hybridized carbons (Fsp3) is 0.278. The molecule has 3 amide bonds. The van der Waals surface area contributed by atoms with E-state index in [9.17, 15) is 29.4 Å². The SMILES string of the molecule is O=C(O)C(Cc1ccc(O)cc1)NC(=O)C(Cc1c[nH]c2ccccc12)NC(=O)C(Cc1c[nH]c2ccccc12)NC(=O)C1CCCN1. The van der Waals surface area contributed by atoms with Gasteiger partial charge in [0, 0.05) is 53.5 Å². The Morgan fingerprint density at radius 3 is 1.79 bits per heavy atom. The highest BCUT2D eigenvalue weighted by atomic mass is 16.4. The van der Waals surface area contributed by atoms with Gasteiger partial charge < -0.3 is 41.4 Å². The van der Waals surface area contributed by atoms with Gasteiger partial charge in [0.15, 0.2) is 0 Å². The topological polar surface area (TPSA) is 188 Å². The number of benzene rings is 3. The second-order valence-corrected chi connectivity index (χ2v) is 12.2. The number of rotatable bonds is 13. The van der Waals surface area contributed by atoms with Crippen molar-refractivity contribution in [3.8, 4) is 5.75 Å². The Balaban J connectivity index is 1.27. The van der Waals surface area contributed by atoms with E-state index in [4.69, 9.17) is 0 Å². The van der Waals surface area contributed by atoms with E-state index >= 15 is 0 Å². The maximum Gasteiger partial charge on any atom is 0.326 e. The molecule has 1 saturated heterocycles. The number of nitrogens with one attached hydrogen (secondary N) is 6. The van der Waals surface area contributed by atoms with Crippen LogP contribution in [-0.4, -0.2) is 74.6 Å². The number of aromatic amines is 2. The molecule has 2 aromatic heterocycles. The van der Waals surface area contributed by atoms with Crippen LogP contribution in [0.3, 0.4) is 0 Å². The van der Waals surface area contributed by atoms with Crippen LogP contribution < -0.4 is 21.3 Å². The van der Waals surface area contributed by atoms with E-state index in [-0.39, 0.29) is 30.9 Å². The number of phenols is 1. The predicted molar refractivity (Wildman–Crippen MR) is 180 cm³/mol. The number of fused-ring (bicyclic) bond motifs is 2. The van der Waals surface area contributed by atoms with E-state index < -0.39 is 42.0 Å². The van der Waals surface area contributed by atoms with Crippen molar-refractivity contribution in [2.45, 2.75) is 56.3 Å². The minimum atomic E-state index is -1.31. The first-order valence-electron chi connectivity index (χ1n) is 16.0. The van der Waals surface area contributed by atoms with Gasteiger partial charge in [0.05, 0.1) is 6.04 Å². The van der Waals surface area contributed by atoms with Gasteiger partial charge in [-0.25, -0.2) is 4.79 Å². The Morgan fingerprint density at radius 1 is 0.708 bits per heavy atom. The molecule has 5 aromatic rings. The van der Waals surface area contributed by atoms with Crippen LogP contribution in [0.2, 0.25) is 0 Å². The van der Waals surface area contributed by atoms with Crippen LogP contribution in [0, 0.1) is 0 Å². The normalized spacial score (nSPS) is 16.3. The van der Waals surface area contributed by atoms with Crippen LogP contribution in [0.5, 0.6) is 5.75 Å². The number of phenolic OH excluding ortho intramolecular Hbond substituents is 1. The van der Waals surface area contributed by atoms with E-state index in [2.05, 4.69) is 31.2 Å². The van der Waals surface area contributed by atoms with Gasteiger partial charge in [0.2, 0.25) is 17.7 Å². The summed E-state index contributed by atoms with van der Waals surface area (Å²) in [4.78, 5) is 60.0. The number of hydrogen-bond acceptors (Lipinski definition) is 6. The molecular weight excluding hydrogens is 612 g/mol. The van der Waals surface area contributed by atoms with Gasteiger partial charge in [0.1, 0.15) is 23.9 Å².